The molecule has 0 heterocycles. The predicted molar refractivity (Wildman–Crippen MR) is 92.5 cm³/mol. The van der Waals surface area contributed by atoms with Gasteiger partial charge in [0.2, 0.25) is 5.91 Å². The van der Waals surface area contributed by atoms with Gasteiger partial charge in [0.1, 0.15) is 6.61 Å². The fourth-order valence-electron chi connectivity index (χ4n) is 2.41. The molecule has 138 valence electrons. The van der Waals surface area contributed by atoms with Crippen molar-refractivity contribution in [2.45, 2.75) is 32.5 Å². The van der Waals surface area contributed by atoms with E-state index in [1.165, 1.54) is 12.1 Å². The lowest BCUT2D eigenvalue weighted by molar-refractivity contribution is -0.137. The highest BCUT2D eigenvalue weighted by Gasteiger charge is 2.30. The summed E-state index contributed by atoms with van der Waals surface area (Å²) in [5, 5.41) is 3.89. The highest BCUT2D eigenvalue weighted by molar-refractivity contribution is 5.98. The van der Waals surface area contributed by atoms with Gasteiger partial charge in [-0.05, 0) is 42.7 Å². The number of amides is 1. The normalized spacial score (nSPS) is 13.3. The molecule has 0 radical (unpaired) electrons. The number of hydrogen-bond acceptors (Lipinski definition) is 3. The van der Waals surface area contributed by atoms with Crippen molar-refractivity contribution in [1.82, 2.24) is 0 Å². The number of benzene rings is 2. The van der Waals surface area contributed by atoms with Crippen molar-refractivity contribution in [1.29, 1.82) is 0 Å². The lowest BCUT2D eigenvalue weighted by Crippen LogP contribution is -2.20. The SMILES string of the molecule is C/C(=N/OCc1ccccc1C(C)C(N)=O)c1cccc(C(F)(F)F)c1. The lowest BCUT2D eigenvalue weighted by atomic mass is 9.96. The molecular formula is C19H19F3N2O2. The molecule has 0 aliphatic carbocycles. The molecule has 0 aliphatic heterocycles. The van der Waals surface area contributed by atoms with Crippen molar-refractivity contribution < 1.29 is 22.8 Å². The van der Waals surface area contributed by atoms with Gasteiger partial charge in [0.15, 0.2) is 0 Å². The van der Waals surface area contributed by atoms with Gasteiger partial charge in [-0.25, -0.2) is 0 Å². The number of oxime groups is 1. The van der Waals surface area contributed by atoms with Gasteiger partial charge in [0.05, 0.1) is 17.2 Å². The summed E-state index contributed by atoms with van der Waals surface area (Å²) in [4.78, 5) is 16.7. The molecule has 0 spiro atoms. The quantitative estimate of drug-likeness (QED) is 0.616. The molecule has 1 unspecified atom stereocenters. The Kier molecular flexibility index (Phi) is 6.02. The number of primary amides is 1. The molecule has 2 aromatic rings. The van der Waals surface area contributed by atoms with E-state index in [0.29, 0.717) is 11.3 Å². The van der Waals surface area contributed by atoms with Gasteiger partial charge >= 0.3 is 6.18 Å². The van der Waals surface area contributed by atoms with Crippen LogP contribution >= 0.6 is 0 Å². The zero-order chi connectivity index (χ0) is 19.3. The second kappa shape index (κ2) is 8.03. The number of halogens is 3. The Hall–Kier alpha value is -2.83. The summed E-state index contributed by atoms with van der Waals surface area (Å²) < 4.78 is 38.3. The molecule has 0 saturated heterocycles. The van der Waals surface area contributed by atoms with Gasteiger partial charge in [-0.1, -0.05) is 41.6 Å². The van der Waals surface area contributed by atoms with E-state index in [2.05, 4.69) is 5.16 Å². The highest BCUT2D eigenvalue weighted by Crippen LogP contribution is 2.29. The Morgan fingerprint density at radius 3 is 2.54 bits per heavy atom. The van der Waals surface area contributed by atoms with Crippen LogP contribution < -0.4 is 5.73 Å². The number of rotatable bonds is 6. The molecule has 1 atom stereocenters. The second-order valence-corrected chi connectivity index (χ2v) is 5.85. The van der Waals surface area contributed by atoms with Crippen LogP contribution in [0, 0.1) is 0 Å². The lowest BCUT2D eigenvalue weighted by Gasteiger charge is -2.13. The number of alkyl halides is 3. The Morgan fingerprint density at radius 1 is 1.19 bits per heavy atom. The van der Waals surface area contributed by atoms with Crippen LogP contribution in [0.25, 0.3) is 0 Å². The molecule has 0 aliphatic rings. The number of nitrogens with two attached hydrogens (primary N) is 1. The van der Waals surface area contributed by atoms with Gasteiger partial charge in [-0.2, -0.15) is 13.2 Å². The van der Waals surface area contributed by atoms with Crippen molar-refractivity contribution in [3.05, 3.63) is 70.8 Å². The molecule has 1 amide bonds. The van der Waals surface area contributed by atoms with Crippen LogP contribution in [0.3, 0.4) is 0 Å². The average Bonchev–Trinajstić information content (AvgIpc) is 2.60. The monoisotopic (exact) mass is 364 g/mol. The maximum absolute atomic E-state index is 12.8. The molecule has 2 aromatic carbocycles. The third-order valence-electron chi connectivity index (χ3n) is 3.98. The molecule has 2 rings (SSSR count). The highest BCUT2D eigenvalue weighted by atomic mass is 19.4. The van der Waals surface area contributed by atoms with E-state index >= 15 is 0 Å². The summed E-state index contributed by atoms with van der Waals surface area (Å²) in [5.74, 6) is -0.940. The van der Waals surface area contributed by atoms with Gasteiger partial charge in [0, 0.05) is 0 Å². The number of nitrogens with zero attached hydrogens (tertiary/aromatic N) is 1. The van der Waals surface area contributed by atoms with Gasteiger partial charge in [-0.15, -0.1) is 0 Å². The summed E-state index contributed by atoms with van der Waals surface area (Å²) in [6, 6.07) is 12.0. The summed E-state index contributed by atoms with van der Waals surface area (Å²) in [6.07, 6.45) is -4.42. The van der Waals surface area contributed by atoms with Crippen molar-refractivity contribution >= 4 is 11.6 Å². The Balaban J connectivity index is 2.13. The molecule has 7 heteroatoms. The fourth-order valence-corrected chi connectivity index (χ4v) is 2.41. The minimum atomic E-state index is -4.42. The fraction of sp³-hybridized carbons (Fsp3) is 0.263. The van der Waals surface area contributed by atoms with Crippen LogP contribution in [0.2, 0.25) is 0 Å². The molecular weight excluding hydrogens is 345 g/mol. The van der Waals surface area contributed by atoms with Gasteiger partial charge in [-0.3, -0.25) is 4.79 Å². The van der Waals surface area contributed by atoms with E-state index in [4.69, 9.17) is 10.6 Å². The van der Waals surface area contributed by atoms with Crippen LogP contribution in [0.5, 0.6) is 0 Å². The summed E-state index contributed by atoms with van der Waals surface area (Å²) in [5.41, 5.74) is 6.69. The molecule has 2 N–H and O–H groups in total. The summed E-state index contributed by atoms with van der Waals surface area (Å²) in [6.45, 7) is 3.33. The van der Waals surface area contributed by atoms with Crippen LogP contribution in [0.1, 0.15) is 42.0 Å². The molecule has 26 heavy (non-hydrogen) atoms. The predicted octanol–water partition coefficient (Wildman–Crippen LogP) is 4.24. The van der Waals surface area contributed by atoms with Crippen LogP contribution in [-0.4, -0.2) is 11.6 Å². The molecule has 4 nitrogen and oxygen atoms in total. The maximum Gasteiger partial charge on any atom is 0.416 e. The van der Waals surface area contributed by atoms with Crippen molar-refractivity contribution in [3.8, 4) is 0 Å². The first kappa shape index (κ1) is 19.5. The van der Waals surface area contributed by atoms with Crippen LogP contribution in [0.15, 0.2) is 53.7 Å². The average molecular weight is 364 g/mol. The van der Waals surface area contributed by atoms with E-state index < -0.39 is 23.6 Å². The zero-order valence-electron chi connectivity index (χ0n) is 14.4. The van der Waals surface area contributed by atoms with Crippen molar-refractivity contribution in [2.75, 3.05) is 0 Å². The van der Waals surface area contributed by atoms with E-state index in [-0.39, 0.29) is 6.61 Å². The van der Waals surface area contributed by atoms with E-state index in [1.54, 1.807) is 38.1 Å². The van der Waals surface area contributed by atoms with E-state index in [1.807, 2.05) is 0 Å². The summed E-state index contributed by atoms with van der Waals surface area (Å²) >= 11 is 0. The Bertz CT molecular complexity index is 816. The first-order valence-corrected chi connectivity index (χ1v) is 7.91. The Morgan fingerprint density at radius 2 is 1.88 bits per heavy atom. The largest absolute Gasteiger partial charge is 0.416 e. The third kappa shape index (κ3) is 4.84. The van der Waals surface area contributed by atoms with Gasteiger partial charge < -0.3 is 10.6 Å². The van der Waals surface area contributed by atoms with E-state index in [9.17, 15) is 18.0 Å². The van der Waals surface area contributed by atoms with E-state index in [0.717, 1.165) is 23.3 Å². The van der Waals surface area contributed by atoms with Crippen molar-refractivity contribution in [2.24, 2.45) is 10.9 Å². The standard InChI is InChI=1S/C19H19F3N2O2/c1-12(18(23)25)17-9-4-3-6-15(17)11-26-24-13(2)14-7-5-8-16(10-14)19(20,21)22/h3-10,12H,11H2,1-2H3,(H2,23,25)/b24-13-. The van der Waals surface area contributed by atoms with Crippen LogP contribution in [-0.2, 0) is 22.4 Å². The second-order valence-electron chi connectivity index (χ2n) is 5.85. The maximum atomic E-state index is 12.8. The molecule has 0 saturated carbocycles. The molecule has 0 aromatic heterocycles. The minimum absolute atomic E-state index is 0.0735. The van der Waals surface area contributed by atoms with Gasteiger partial charge in [0.25, 0.3) is 0 Å². The topological polar surface area (TPSA) is 64.7 Å². The zero-order valence-corrected chi connectivity index (χ0v) is 14.4. The Labute approximate surface area is 149 Å². The first-order valence-electron chi connectivity index (χ1n) is 7.91. The number of hydrogen-bond donors (Lipinski definition) is 1. The molecule has 0 fully saturated rings. The first-order chi connectivity index (χ1) is 12.2. The van der Waals surface area contributed by atoms with Crippen molar-refractivity contribution in [3.63, 3.8) is 0 Å². The smallest absolute Gasteiger partial charge is 0.391 e. The summed E-state index contributed by atoms with van der Waals surface area (Å²) in [7, 11) is 0. The van der Waals surface area contributed by atoms with Crippen LogP contribution in [0.4, 0.5) is 13.2 Å². The number of carbonyl (C=O) groups is 1. The number of carbonyl (C=O) groups excluding carboxylic acids is 1. The molecule has 0 bridgehead atoms. The minimum Gasteiger partial charge on any atom is -0.391 e. The third-order valence-corrected chi connectivity index (χ3v) is 3.98.